The summed E-state index contributed by atoms with van der Waals surface area (Å²) in [5.41, 5.74) is 0.384. The van der Waals surface area contributed by atoms with Gasteiger partial charge in [0.1, 0.15) is 11.6 Å². The van der Waals surface area contributed by atoms with Gasteiger partial charge in [0.2, 0.25) is 5.16 Å². The molecule has 2 aromatic rings. The van der Waals surface area contributed by atoms with Crippen molar-refractivity contribution in [1.29, 1.82) is 0 Å². The molecule has 0 saturated heterocycles. The van der Waals surface area contributed by atoms with Crippen LogP contribution in [0.25, 0.3) is 0 Å². The van der Waals surface area contributed by atoms with Crippen molar-refractivity contribution in [2.75, 3.05) is 6.26 Å². The number of pyridine rings is 1. The van der Waals surface area contributed by atoms with E-state index in [0.29, 0.717) is 17.4 Å². The fraction of sp³-hybridized carbons (Fsp3) is 0.467. The lowest BCUT2D eigenvalue weighted by Crippen LogP contribution is -2.36. The minimum absolute atomic E-state index is 0.329. The second kappa shape index (κ2) is 8.00. The highest BCUT2D eigenvalue weighted by Gasteiger charge is 2.23. The zero-order chi connectivity index (χ0) is 17.6. The number of thioether (sulfide) groups is 1. The molecular formula is C15H20N6O2S. The molecule has 0 fully saturated rings. The molecule has 2 aromatic heterocycles. The van der Waals surface area contributed by atoms with E-state index in [4.69, 9.17) is 4.74 Å². The molecule has 2 rings (SSSR count). The Bertz CT molecular complexity index is 660. The van der Waals surface area contributed by atoms with Crippen LogP contribution in [0.4, 0.5) is 4.79 Å². The summed E-state index contributed by atoms with van der Waals surface area (Å²) in [6, 6.07) is 3.22. The first-order valence-electron chi connectivity index (χ1n) is 7.37. The minimum Gasteiger partial charge on any atom is -0.444 e. The van der Waals surface area contributed by atoms with E-state index < -0.39 is 17.7 Å². The Hall–Kier alpha value is -2.29. The second-order valence-corrected chi connectivity index (χ2v) is 6.78. The highest BCUT2D eigenvalue weighted by atomic mass is 32.2. The number of carbonyl (C=O) groups excluding carboxylic acids is 1. The standard InChI is InChI=1S/C15H20N6O2S/c1-15(2,3)23-14(22)17-11(9-10-5-7-16-8-6-10)12-18-20-13(24-4)21-19-12/h5-8,11H,9H2,1-4H3,(H,17,22)/t11-/m0/s1. The van der Waals surface area contributed by atoms with Crippen LogP contribution in [0.2, 0.25) is 0 Å². The first kappa shape index (κ1) is 18.1. The van der Waals surface area contributed by atoms with Gasteiger partial charge in [-0.25, -0.2) is 4.79 Å². The van der Waals surface area contributed by atoms with Gasteiger partial charge in [0.25, 0.3) is 0 Å². The van der Waals surface area contributed by atoms with Crippen LogP contribution in [0.5, 0.6) is 0 Å². The number of rotatable bonds is 5. The molecule has 0 bridgehead atoms. The van der Waals surface area contributed by atoms with Crippen LogP contribution in [0, 0.1) is 0 Å². The smallest absolute Gasteiger partial charge is 0.408 e. The van der Waals surface area contributed by atoms with Crippen LogP contribution in [-0.2, 0) is 11.2 Å². The number of hydrogen-bond donors (Lipinski definition) is 1. The van der Waals surface area contributed by atoms with E-state index in [1.165, 1.54) is 11.8 Å². The summed E-state index contributed by atoms with van der Waals surface area (Å²) in [5.74, 6) is 0.329. The first-order chi connectivity index (χ1) is 11.4. The van der Waals surface area contributed by atoms with Gasteiger partial charge in [-0.15, -0.1) is 20.4 Å². The third-order valence-corrected chi connectivity index (χ3v) is 3.38. The number of ether oxygens (including phenoxy) is 1. The molecule has 0 spiro atoms. The number of nitrogens with zero attached hydrogens (tertiary/aromatic N) is 5. The van der Waals surface area contributed by atoms with Crippen molar-refractivity contribution in [3.63, 3.8) is 0 Å². The summed E-state index contributed by atoms with van der Waals surface area (Å²) in [7, 11) is 0. The van der Waals surface area contributed by atoms with Crippen molar-refractivity contribution in [1.82, 2.24) is 30.7 Å². The van der Waals surface area contributed by atoms with Gasteiger partial charge in [-0.1, -0.05) is 11.8 Å². The van der Waals surface area contributed by atoms with Crippen LogP contribution in [0.3, 0.4) is 0 Å². The lowest BCUT2D eigenvalue weighted by atomic mass is 10.1. The Morgan fingerprint density at radius 2 is 1.83 bits per heavy atom. The maximum absolute atomic E-state index is 12.1. The van der Waals surface area contributed by atoms with Crippen molar-refractivity contribution in [2.45, 2.75) is 44.0 Å². The third-order valence-electron chi connectivity index (χ3n) is 2.85. The van der Waals surface area contributed by atoms with Gasteiger partial charge in [0.15, 0.2) is 5.82 Å². The normalized spacial score (nSPS) is 12.5. The average Bonchev–Trinajstić information content (AvgIpc) is 2.53. The molecule has 8 nitrogen and oxygen atoms in total. The maximum Gasteiger partial charge on any atom is 0.408 e. The van der Waals surface area contributed by atoms with Crippen molar-refractivity contribution in [2.24, 2.45) is 0 Å². The number of alkyl carbamates (subject to hydrolysis) is 1. The number of amides is 1. The number of hydrogen-bond acceptors (Lipinski definition) is 8. The maximum atomic E-state index is 12.1. The Labute approximate surface area is 144 Å². The van der Waals surface area contributed by atoms with Crippen molar-refractivity contribution >= 4 is 17.9 Å². The Morgan fingerprint density at radius 1 is 1.21 bits per heavy atom. The summed E-state index contributed by atoms with van der Waals surface area (Å²) < 4.78 is 5.31. The van der Waals surface area contributed by atoms with E-state index >= 15 is 0 Å². The van der Waals surface area contributed by atoms with E-state index in [-0.39, 0.29) is 0 Å². The first-order valence-corrected chi connectivity index (χ1v) is 8.59. The number of carbonyl (C=O) groups is 1. The van der Waals surface area contributed by atoms with Crippen molar-refractivity contribution in [3.8, 4) is 0 Å². The van der Waals surface area contributed by atoms with Gasteiger partial charge < -0.3 is 10.1 Å². The molecule has 0 unspecified atom stereocenters. The second-order valence-electron chi connectivity index (χ2n) is 6.00. The molecule has 0 aliphatic heterocycles. The summed E-state index contributed by atoms with van der Waals surface area (Å²) in [4.78, 5) is 16.1. The lowest BCUT2D eigenvalue weighted by molar-refractivity contribution is 0.0500. The topological polar surface area (TPSA) is 103 Å². The third kappa shape index (κ3) is 5.73. The molecule has 0 radical (unpaired) electrons. The van der Waals surface area contributed by atoms with Crippen LogP contribution >= 0.6 is 11.8 Å². The van der Waals surface area contributed by atoms with Crippen LogP contribution < -0.4 is 5.32 Å². The van der Waals surface area contributed by atoms with Gasteiger partial charge in [0.05, 0.1) is 0 Å². The quantitative estimate of drug-likeness (QED) is 0.820. The summed E-state index contributed by atoms with van der Waals surface area (Å²) >= 11 is 1.35. The average molecular weight is 348 g/mol. The molecule has 1 amide bonds. The van der Waals surface area contributed by atoms with E-state index in [1.807, 2.05) is 18.4 Å². The lowest BCUT2D eigenvalue weighted by Gasteiger charge is -2.22. The highest BCUT2D eigenvalue weighted by Crippen LogP contribution is 2.16. The fourth-order valence-electron chi connectivity index (χ4n) is 1.86. The van der Waals surface area contributed by atoms with Crippen molar-refractivity contribution in [3.05, 3.63) is 35.9 Å². The number of nitrogens with one attached hydrogen (secondary N) is 1. The Morgan fingerprint density at radius 3 is 2.38 bits per heavy atom. The SMILES string of the molecule is CSc1nnc([C@H](Cc2ccncc2)NC(=O)OC(C)(C)C)nn1. The van der Waals surface area contributed by atoms with Gasteiger partial charge in [-0.3, -0.25) is 4.98 Å². The van der Waals surface area contributed by atoms with Gasteiger partial charge in [0, 0.05) is 18.8 Å². The molecule has 9 heteroatoms. The zero-order valence-corrected chi connectivity index (χ0v) is 14.9. The molecule has 1 N–H and O–H groups in total. The molecular weight excluding hydrogens is 328 g/mol. The summed E-state index contributed by atoms with van der Waals surface area (Å²) in [6.07, 6.45) is 5.15. The van der Waals surface area contributed by atoms with Crippen LogP contribution in [-0.4, -0.2) is 43.3 Å². The molecule has 128 valence electrons. The highest BCUT2D eigenvalue weighted by molar-refractivity contribution is 7.98. The fourth-order valence-corrected chi connectivity index (χ4v) is 2.11. The molecule has 0 saturated carbocycles. The Balaban J connectivity index is 2.18. The Kier molecular flexibility index (Phi) is 6.02. The summed E-state index contributed by atoms with van der Waals surface area (Å²) in [6.45, 7) is 5.41. The van der Waals surface area contributed by atoms with E-state index in [1.54, 1.807) is 33.2 Å². The molecule has 0 aliphatic rings. The minimum atomic E-state index is -0.592. The van der Waals surface area contributed by atoms with Gasteiger partial charge in [-0.05, 0) is 44.7 Å². The van der Waals surface area contributed by atoms with E-state index in [2.05, 4.69) is 30.7 Å². The van der Waals surface area contributed by atoms with Crippen LogP contribution in [0.1, 0.15) is 38.2 Å². The predicted octanol–water partition coefficient (Wildman–Crippen LogP) is 2.19. The molecule has 2 heterocycles. The molecule has 0 aromatic carbocycles. The molecule has 0 aliphatic carbocycles. The predicted molar refractivity (Wildman–Crippen MR) is 89.5 cm³/mol. The van der Waals surface area contributed by atoms with E-state index in [0.717, 1.165) is 5.56 Å². The molecule has 24 heavy (non-hydrogen) atoms. The zero-order valence-electron chi connectivity index (χ0n) is 14.1. The van der Waals surface area contributed by atoms with Crippen molar-refractivity contribution < 1.29 is 9.53 Å². The van der Waals surface area contributed by atoms with Crippen LogP contribution in [0.15, 0.2) is 29.7 Å². The number of aromatic nitrogens is 5. The summed E-state index contributed by atoms with van der Waals surface area (Å²) in [5, 5.41) is 19.3. The molecule has 1 atom stereocenters. The van der Waals surface area contributed by atoms with E-state index in [9.17, 15) is 4.79 Å². The van der Waals surface area contributed by atoms with Gasteiger partial charge in [-0.2, -0.15) is 0 Å². The van der Waals surface area contributed by atoms with Gasteiger partial charge >= 0.3 is 6.09 Å². The largest absolute Gasteiger partial charge is 0.444 e. The monoisotopic (exact) mass is 348 g/mol.